The first kappa shape index (κ1) is 19.7. The van der Waals surface area contributed by atoms with Crippen LogP contribution in [0.4, 0.5) is 0 Å². The summed E-state index contributed by atoms with van der Waals surface area (Å²) in [7, 11) is 8.25. The molecule has 2 aliphatic rings. The van der Waals surface area contributed by atoms with Crippen LogP contribution in [0.5, 0.6) is 28.7 Å². The summed E-state index contributed by atoms with van der Waals surface area (Å²) < 4.78 is 33.8. The quantitative estimate of drug-likeness (QED) is 0.737. The van der Waals surface area contributed by atoms with E-state index in [1.54, 1.807) is 35.5 Å². The molecule has 0 amide bonds. The molecular weight excluding hydrogens is 372 g/mol. The Morgan fingerprint density at radius 2 is 1.34 bits per heavy atom. The summed E-state index contributed by atoms with van der Waals surface area (Å²) in [6.07, 6.45) is 0.973. The van der Waals surface area contributed by atoms with Crippen molar-refractivity contribution in [3.63, 3.8) is 0 Å². The summed E-state index contributed by atoms with van der Waals surface area (Å²) >= 11 is 0. The topological polar surface area (TPSA) is 55.4 Å². The van der Waals surface area contributed by atoms with Crippen molar-refractivity contribution in [1.29, 1.82) is 0 Å². The molecule has 0 spiro atoms. The van der Waals surface area contributed by atoms with Gasteiger partial charge in [-0.3, -0.25) is 0 Å². The Morgan fingerprint density at radius 3 is 1.93 bits per heavy atom. The van der Waals surface area contributed by atoms with Crippen molar-refractivity contribution in [1.82, 2.24) is 0 Å². The van der Waals surface area contributed by atoms with Crippen LogP contribution in [-0.2, 0) is 11.2 Å². The first-order valence-corrected chi connectivity index (χ1v) is 9.77. The average molecular weight is 400 g/mol. The monoisotopic (exact) mass is 400 g/mol. The van der Waals surface area contributed by atoms with Crippen molar-refractivity contribution < 1.29 is 28.4 Å². The van der Waals surface area contributed by atoms with Crippen molar-refractivity contribution in [2.45, 2.75) is 12.3 Å². The van der Waals surface area contributed by atoms with Gasteiger partial charge in [-0.1, -0.05) is 0 Å². The zero-order valence-corrected chi connectivity index (χ0v) is 17.6. The maximum absolute atomic E-state index is 5.90. The molecule has 6 heteroatoms. The second-order valence-corrected chi connectivity index (χ2v) is 7.51. The number of ether oxygens (including phenoxy) is 6. The van der Waals surface area contributed by atoms with Gasteiger partial charge >= 0.3 is 0 Å². The van der Waals surface area contributed by atoms with Crippen LogP contribution < -0.4 is 23.7 Å². The van der Waals surface area contributed by atoms with E-state index in [4.69, 9.17) is 28.4 Å². The molecule has 1 heterocycles. The SMILES string of the molecule is COc1cc2c(cc1OC)[C@@H](c1cc(OC)c(OC)c(OC)c1)[C@H]1COC[C@@H]1C2. The molecule has 0 saturated carbocycles. The molecule has 3 atom stereocenters. The first-order chi connectivity index (χ1) is 14.1. The fourth-order valence-electron chi connectivity index (χ4n) is 4.82. The molecule has 156 valence electrons. The average Bonchev–Trinajstić information content (AvgIpc) is 3.23. The highest BCUT2D eigenvalue weighted by atomic mass is 16.5. The highest BCUT2D eigenvalue weighted by molar-refractivity contribution is 5.58. The molecule has 2 aromatic carbocycles. The third-order valence-electron chi connectivity index (χ3n) is 6.18. The van der Waals surface area contributed by atoms with Gasteiger partial charge < -0.3 is 28.4 Å². The summed E-state index contributed by atoms with van der Waals surface area (Å²) in [6, 6.07) is 8.31. The maximum Gasteiger partial charge on any atom is 0.203 e. The second kappa shape index (κ2) is 8.03. The van der Waals surface area contributed by atoms with Crippen molar-refractivity contribution in [2.75, 3.05) is 48.8 Å². The molecule has 0 radical (unpaired) electrons. The molecule has 0 aromatic heterocycles. The van der Waals surface area contributed by atoms with Crippen LogP contribution in [0.1, 0.15) is 22.6 Å². The van der Waals surface area contributed by atoms with Crippen LogP contribution in [0.3, 0.4) is 0 Å². The van der Waals surface area contributed by atoms with E-state index >= 15 is 0 Å². The van der Waals surface area contributed by atoms with Gasteiger partial charge in [0, 0.05) is 5.92 Å². The number of methoxy groups -OCH3 is 5. The van der Waals surface area contributed by atoms with E-state index in [1.807, 2.05) is 12.1 Å². The molecule has 0 N–H and O–H groups in total. The first-order valence-electron chi connectivity index (χ1n) is 9.77. The zero-order chi connectivity index (χ0) is 20.5. The van der Waals surface area contributed by atoms with Gasteiger partial charge in [0.25, 0.3) is 0 Å². The summed E-state index contributed by atoms with van der Waals surface area (Å²) in [5, 5.41) is 0. The van der Waals surface area contributed by atoms with Gasteiger partial charge in [-0.15, -0.1) is 0 Å². The Hall–Kier alpha value is -2.60. The molecule has 0 unspecified atom stereocenters. The van der Waals surface area contributed by atoms with E-state index in [0.717, 1.165) is 36.7 Å². The van der Waals surface area contributed by atoms with Crippen molar-refractivity contribution in [2.24, 2.45) is 11.8 Å². The predicted octanol–water partition coefficient (Wildman–Crippen LogP) is 3.68. The largest absolute Gasteiger partial charge is 0.493 e. The number of benzene rings is 2. The molecule has 4 rings (SSSR count). The van der Waals surface area contributed by atoms with Crippen LogP contribution >= 0.6 is 0 Å². The summed E-state index contributed by atoms with van der Waals surface area (Å²) in [4.78, 5) is 0. The van der Waals surface area contributed by atoms with Crippen LogP contribution in [0, 0.1) is 11.8 Å². The van der Waals surface area contributed by atoms with Gasteiger partial charge in [0.15, 0.2) is 23.0 Å². The summed E-state index contributed by atoms with van der Waals surface area (Å²) in [5.74, 6) is 4.39. The standard InChI is InChI=1S/C23H28O6/c1-24-18-7-13-6-15-11-29-12-17(15)22(16(13)10-19(18)25-2)14-8-20(26-3)23(28-5)21(9-14)27-4/h7-10,15,17,22H,6,11-12H2,1-5H3/t15-,17-,22+/m0/s1. The minimum absolute atomic E-state index is 0.139. The molecule has 1 aliphatic carbocycles. The highest BCUT2D eigenvalue weighted by Gasteiger charge is 2.42. The summed E-state index contributed by atoms with van der Waals surface area (Å²) in [6.45, 7) is 1.51. The molecule has 1 saturated heterocycles. The lowest BCUT2D eigenvalue weighted by molar-refractivity contribution is 0.179. The van der Waals surface area contributed by atoms with Crippen molar-refractivity contribution in [3.05, 3.63) is 41.0 Å². The predicted molar refractivity (Wildman–Crippen MR) is 109 cm³/mol. The minimum atomic E-state index is 0.139. The third kappa shape index (κ3) is 3.25. The van der Waals surface area contributed by atoms with E-state index < -0.39 is 0 Å². The molecule has 0 bridgehead atoms. The van der Waals surface area contributed by atoms with E-state index in [-0.39, 0.29) is 5.92 Å². The van der Waals surface area contributed by atoms with Crippen LogP contribution in [-0.4, -0.2) is 48.8 Å². The van der Waals surface area contributed by atoms with Crippen LogP contribution in [0.2, 0.25) is 0 Å². The molecule has 1 aliphatic heterocycles. The normalized spacial score (nSPS) is 22.4. The number of hydrogen-bond donors (Lipinski definition) is 0. The smallest absolute Gasteiger partial charge is 0.203 e. The molecule has 2 aromatic rings. The van der Waals surface area contributed by atoms with E-state index in [9.17, 15) is 0 Å². The highest BCUT2D eigenvalue weighted by Crippen LogP contribution is 2.51. The molecular formula is C23H28O6. The number of hydrogen-bond acceptors (Lipinski definition) is 6. The lowest BCUT2D eigenvalue weighted by Crippen LogP contribution is -2.29. The Kier molecular flexibility index (Phi) is 5.46. The van der Waals surface area contributed by atoms with Crippen molar-refractivity contribution in [3.8, 4) is 28.7 Å². The number of rotatable bonds is 6. The zero-order valence-electron chi connectivity index (χ0n) is 17.6. The molecule has 1 fully saturated rings. The Labute approximate surface area is 171 Å². The van der Waals surface area contributed by atoms with Crippen molar-refractivity contribution >= 4 is 0 Å². The molecule has 29 heavy (non-hydrogen) atoms. The lowest BCUT2D eigenvalue weighted by atomic mass is 9.68. The van der Waals surface area contributed by atoms with E-state index in [1.165, 1.54) is 11.1 Å². The Bertz CT molecular complexity index is 868. The van der Waals surface area contributed by atoms with Gasteiger partial charge in [-0.2, -0.15) is 0 Å². The Morgan fingerprint density at radius 1 is 0.724 bits per heavy atom. The second-order valence-electron chi connectivity index (χ2n) is 7.51. The van der Waals surface area contributed by atoms with Gasteiger partial charge in [-0.05, 0) is 59.2 Å². The minimum Gasteiger partial charge on any atom is -0.493 e. The third-order valence-corrected chi connectivity index (χ3v) is 6.18. The maximum atomic E-state index is 5.90. The summed E-state index contributed by atoms with van der Waals surface area (Å²) in [5.41, 5.74) is 3.63. The number of fused-ring (bicyclic) bond motifs is 2. The van der Waals surface area contributed by atoms with Gasteiger partial charge in [0.05, 0.1) is 48.8 Å². The van der Waals surface area contributed by atoms with E-state index in [2.05, 4.69) is 12.1 Å². The van der Waals surface area contributed by atoms with Gasteiger partial charge in [-0.25, -0.2) is 0 Å². The van der Waals surface area contributed by atoms with Gasteiger partial charge in [0.2, 0.25) is 5.75 Å². The van der Waals surface area contributed by atoms with E-state index in [0.29, 0.717) is 29.1 Å². The van der Waals surface area contributed by atoms with Crippen LogP contribution in [0.15, 0.2) is 24.3 Å². The van der Waals surface area contributed by atoms with Gasteiger partial charge in [0.1, 0.15) is 0 Å². The lowest BCUT2D eigenvalue weighted by Gasteiger charge is -2.36. The van der Waals surface area contributed by atoms with Crippen LogP contribution in [0.25, 0.3) is 0 Å². The fourth-order valence-corrected chi connectivity index (χ4v) is 4.82. The Balaban J connectivity index is 1.91. The fraction of sp³-hybridized carbons (Fsp3) is 0.478. The molecule has 6 nitrogen and oxygen atoms in total.